The summed E-state index contributed by atoms with van der Waals surface area (Å²) in [5.41, 5.74) is 1.62. The Balaban J connectivity index is 2.17. The zero-order valence-corrected chi connectivity index (χ0v) is 9.37. The van der Waals surface area contributed by atoms with E-state index in [9.17, 15) is 4.39 Å². The lowest BCUT2D eigenvalue weighted by atomic mass is 10.3. The average molecular weight is 241 g/mol. The number of nitrogens with one attached hydrogen (secondary N) is 1. The van der Waals surface area contributed by atoms with Gasteiger partial charge in [0.2, 0.25) is 0 Å². The molecule has 0 bridgehead atoms. The van der Waals surface area contributed by atoms with Crippen molar-refractivity contribution in [1.29, 1.82) is 0 Å². The number of halogens is 2. The van der Waals surface area contributed by atoms with Crippen LogP contribution in [0.25, 0.3) is 0 Å². The molecule has 0 atom stereocenters. The van der Waals surface area contributed by atoms with Crippen LogP contribution in [0.1, 0.15) is 5.56 Å². The highest BCUT2D eigenvalue weighted by Gasteiger charge is 2.04. The van der Waals surface area contributed by atoms with Gasteiger partial charge in [-0.05, 0) is 11.6 Å². The van der Waals surface area contributed by atoms with E-state index in [1.165, 1.54) is 12.3 Å². The van der Waals surface area contributed by atoms with Crippen molar-refractivity contribution < 1.29 is 4.39 Å². The molecule has 0 aromatic carbocycles. The van der Waals surface area contributed by atoms with E-state index in [-0.39, 0.29) is 5.15 Å². The van der Waals surface area contributed by atoms with Crippen LogP contribution in [-0.2, 0) is 6.54 Å². The van der Waals surface area contributed by atoms with E-state index >= 15 is 0 Å². The van der Waals surface area contributed by atoms with Crippen LogP contribution in [0.2, 0.25) is 5.15 Å². The number of anilines is 1. The summed E-state index contributed by atoms with van der Waals surface area (Å²) in [5, 5.41) is 6.95. The molecule has 0 aliphatic heterocycles. The molecule has 0 amide bonds. The van der Waals surface area contributed by atoms with E-state index in [0.29, 0.717) is 12.1 Å². The summed E-state index contributed by atoms with van der Waals surface area (Å²) < 4.78 is 14.8. The number of nitrogens with zero attached hydrogens (tertiary/aromatic N) is 3. The molecule has 0 spiro atoms. The van der Waals surface area contributed by atoms with Crippen molar-refractivity contribution in [1.82, 2.24) is 14.8 Å². The highest BCUT2D eigenvalue weighted by Crippen LogP contribution is 2.13. The quantitative estimate of drug-likeness (QED) is 0.836. The molecule has 1 N–H and O–H groups in total. The van der Waals surface area contributed by atoms with Crippen LogP contribution < -0.4 is 5.32 Å². The SMILES string of the molecule is CNc1cnn(Cc2cnc(Cl)c(F)c2)c1. The second-order valence-electron chi connectivity index (χ2n) is 3.29. The first-order valence-corrected chi connectivity index (χ1v) is 5.07. The highest BCUT2D eigenvalue weighted by atomic mass is 35.5. The van der Waals surface area contributed by atoms with Gasteiger partial charge < -0.3 is 5.32 Å². The fraction of sp³-hybridized carbons (Fsp3) is 0.200. The minimum Gasteiger partial charge on any atom is -0.386 e. The molecule has 84 valence electrons. The average Bonchev–Trinajstić information content (AvgIpc) is 2.71. The van der Waals surface area contributed by atoms with E-state index in [1.54, 1.807) is 10.9 Å². The van der Waals surface area contributed by atoms with Gasteiger partial charge in [-0.15, -0.1) is 0 Å². The highest BCUT2D eigenvalue weighted by molar-refractivity contribution is 6.29. The van der Waals surface area contributed by atoms with E-state index in [2.05, 4.69) is 15.4 Å². The molecule has 0 saturated carbocycles. The summed E-state index contributed by atoms with van der Waals surface area (Å²) >= 11 is 5.49. The molecule has 16 heavy (non-hydrogen) atoms. The van der Waals surface area contributed by atoms with Crippen LogP contribution in [0.15, 0.2) is 24.7 Å². The first kappa shape index (κ1) is 10.9. The first-order chi connectivity index (χ1) is 7.69. The minimum atomic E-state index is -0.514. The maximum Gasteiger partial charge on any atom is 0.164 e. The predicted molar refractivity (Wildman–Crippen MR) is 60.1 cm³/mol. The lowest BCUT2D eigenvalue weighted by molar-refractivity contribution is 0.612. The van der Waals surface area contributed by atoms with Gasteiger partial charge in [0.25, 0.3) is 0 Å². The van der Waals surface area contributed by atoms with Crippen molar-refractivity contribution in [2.45, 2.75) is 6.54 Å². The van der Waals surface area contributed by atoms with Gasteiger partial charge in [-0.25, -0.2) is 9.37 Å². The first-order valence-electron chi connectivity index (χ1n) is 4.69. The van der Waals surface area contributed by atoms with Crippen LogP contribution in [0, 0.1) is 5.82 Å². The van der Waals surface area contributed by atoms with Gasteiger partial charge >= 0.3 is 0 Å². The van der Waals surface area contributed by atoms with Gasteiger partial charge in [0, 0.05) is 19.4 Å². The fourth-order valence-corrected chi connectivity index (χ4v) is 1.42. The van der Waals surface area contributed by atoms with Crippen molar-refractivity contribution in [3.8, 4) is 0 Å². The Kier molecular flexibility index (Phi) is 3.05. The molecular formula is C10H10ClFN4. The number of hydrogen-bond donors (Lipinski definition) is 1. The summed E-state index contributed by atoms with van der Waals surface area (Å²) in [6.07, 6.45) is 5.05. The van der Waals surface area contributed by atoms with E-state index in [4.69, 9.17) is 11.6 Å². The molecule has 0 saturated heterocycles. The Labute approximate surface area is 97.1 Å². The van der Waals surface area contributed by atoms with Gasteiger partial charge in [-0.3, -0.25) is 4.68 Å². The maximum atomic E-state index is 13.1. The van der Waals surface area contributed by atoms with Crippen LogP contribution >= 0.6 is 11.6 Å². The number of pyridine rings is 1. The minimum absolute atomic E-state index is 0.111. The second-order valence-corrected chi connectivity index (χ2v) is 3.65. The number of hydrogen-bond acceptors (Lipinski definition) is 3. The van der Waals surface area contributed by atoms with Crippen LogP contribution in [0.5, 0.6) is 0 Å². The smallest absolute Gasteiger partial charge is 0.164 e. The van der Waals surface area contributed by atoms with Crippen molar-refractivity contribution in [2.24, 2.45) is 0 Å². The molecule has 0 fully saturated rings. The zero-order valence-electron chi connectivity index (χ0n) is 8.61. The zero-order chi connectivity index (χ0) is 11.5. The lowest BCUT2D eigenvalue weighted by Crippen LogP contribution is -2.01. The molecule has 2 rings (SSSR count). The van der Waals surface area contributed by atoms with Crippen LogP contribution in [0.3, 0.4) is 0 Å². The summed E-state index contributed by atoms with van der Waals surface area (Å²) in [7, 11) is 1.81. The Morgan fingerprint density at radius 2 is 2.31 bits per heavy atom. The topological polar surface area (TPSA) is 42.7 Å². The summed E-state index contributed by atoms with van der Waals surface area (Å²) in [4.78, 5) is 3.74. The molecule has 2 heterocycles. The third-order valence-corrected chi connectivity index (χ3v) is 2.40. The van der Waals surface area contributed by atoms with E-state index in [0.717, 1.165) is 5.69 Å². The molecular weight excluding hydrogens is 231 g/mol. The lowest BCUT2D eigenvalue weighted by Gasteiger charge is -2.02. The monoisotopic (exact) mass is 240 g/mol. The molecule has 0 aliphatic carbocycles. The van der Waals surface area contributed by atoms with Gasteiger partial charge in [-0.1, -0.05) is 11.6 Å². The predicted octanol–water partition coefficient (Wildman–Crippen LogP) is 2.16. The standard InChI is InChI=1S/C10H10ClFN4/c1-13-8-4-15-16(6-8)5-7-2-9(12)10(11)14-3-7/h2-4,6,13H,5H2,1H3. The number of aromatic nitrogens is 3. The maximum absolute atomic E-state index is 13.1. The molecule has 0 aliphatic rings. The van der Waals surface area contributed by atoms with Crippen molar-refractivity contribution in [2.75, 3.05) is 12.4 Å². The summed E-state index contributed by atoms with van der Waals surface area (Å²) in [5.74, 6) is -0.514. The molecule has 0 radical (unpaired) electrons. The third-order valence-electron chi connectivity index (χ3n) is 2.12. The Bertz CT molecular complexity index is 497. The van der Waals surface area contributed by atoms with Crippen molar-refractivity contribution in [3.63, 3.8) is 0 Å². The Hall–Kier alpha value is -1.62. The van der Waals surface area contributed by atoms with Gasteiger partial charge in [-0.2, -0.15) is 5.10 Å². The van der Waals surface area contributed by atoms with Crippen LogP contribution in [-0.4, -0.2) is 21.8 Å². The van der Waals surface area contributed by atoms with Gasteiger partial charge in [0.15, 0.2) is 11.0 Å². The van der Waals surface area contributed by atoms with Gasteiger partial charge in [0.05, 0.1) is 18.4 Å². The number of rotatable bonds is 3. The molecule has 2 aromatic rings. The van der Waals surface area contributed by atoms with Crippen molar-refractivity contribution in [3.05, 3.63) is 41.2 Å². The second kappa shape index (κ2) is 4.49. The van der Waals surface area contributed by atoms with Crippen molar-refractivity contribution >= 4 is 17.3 Å². The largest absolute Gasteiger partial charge is 0.386 e. The Morgan fingerprint density at radius 3 is 2.94 bits per heavy atom. The summed E-state index contributed by atoms with van der Waals surface area (Å²) in [6.45, 7) is 0.461. The molecule has 2 aromatic heterocycles. The Morgan fingerprint density at radius 1 is 1.50 bits per heavy atom. The molecule has 0 unspecified atom stereocenters. The van der Waals surface area contributed by atoms with E-state index in [1.807, 2.05) is 13.2 Å². The third kappa shape index (κ3) is 2.30. The van der Waals surface area contributed by atoms with Gasteiger partial charge in [0.1, 0.15) is 0 Å². The molecule has 6 heteroatoms. The molecule has 4 nitrogen and oxygen atoms in total. The normalized spacial score (nSPS) is 10.4. The summed E-state index contributed by atoms with van der Waals surface area (Å²) in [6, 6.07) is 1.36. The fourth-order valence-electron chi connectivity index (χ4n) is 1.31. The van der Waals surface area contributed by atoms with E-state index < -0.39 is 5.82 Å². The van der Waals surface area contributed by atoms with Crippen LogP contribution in [0.4, 0.5) is 10.1 Å².